The Morgan fingerprint density at radius 1 is 1.33 bits per heavy atom. The molecule has 24 heavy (non-hydrogen) atoms. The molecular weight excluding hydrogens is 308 g/mol. The average Bonchev–Trinajstić information content (AvgIpc) is 2.58. The number of piperidine rings is 1. The van der Waals surface area contributed by atoms with E-state index in [-0.39, 0.29) is 31.3 Å². The summed E-state index contributed by atoms with van der Waals surface area (Å²) in [5.74, 6) is -0.840. The number of nitrogens with zero attached hydrogens (tertiary/aromatic N) is 2. The summed E-state index contributed by atoms with van der Waals surface area (Å²) in [6.45, 7) is 5.38. The maximum Gasteiger partial charge on any atom is 0.410 e. The molecular formula is C18H26N2O4. The minimum absolute atomic E-state index is 0.00473. The molecule has 1 amide bonds. The second-order valence-corrected chi connectivity index (χ2v) is 6.44. The van der Waals surface area contributed by atoms with Crippen molar-refractivity contribution in [2.45, 2.75) is 45.4 Å². The van der Waals surface area contributed by atoms with E-state index in [1.807, 2.05) is 49.1 Å². The Morgan fingerprint density at radius 2 is 2.04 bits per heavy atom. The van der Waals surface area contributed by atoms with E-state index in [9.17, 15) is 9.59 Å². The molecule has 1 N–H and O–H groups in total. The topological polar surface area (TPSA) is 70.1 Å². The van der Waals surface area contributed by atoms with E-state index in [1.54, 1.807) is 4.90 Å². The lowest BCUT2D eigenvalue weighted by Gasteiger charge is -2.40. The van der Waals surface area contributed by atoms with Gasteiger partial charge in [0.1, 0.15) is 6.61 Å². The highest BCUT2D eigenvalue weighted by Gasteiger charge is 2.30. The molecule has 1 aromatic carbocycles. The number of hydrogen-bond donors (Lipinski definition) is 1. The first-order valence-electron chi connectivity index (χ1n) is 8.40. The Bertz CT molecular complexity index is 547. The minimum Gasteiger partial charge on any atom is -0.480 e. The summed E-state index contributed by atoms with van der Waals surface area (Å²) in [6.07, 6.45) is 1.42. The average molecular weight is 334 g/mol. The summed E-state index contributed by atoms with van der Waals surface area (Å²) in [7, 11) is 0. The first-order chi connectivity index (χ1) is 11.5. The van der Waals surface area contributed by atoms with Crippen molar-refractivity contribution < 1.29 is 19.4 Å². The van der Waals surface area contributed by atoms with Crippen molar-refractivity contribution in [3.05, 3.63) is 35.9 Å². The number of carboxylic acid groups (broad SMARTS) is 1. The molecule has 1 saturated heterocycles. The van der Waals surface area contributed by atoms with Crippen LogP contribution in [0.15, 0.2) is 30.3 Å². The first kappa shape index (κ1) is 18.3. The Balaban J connectivity index is 1.91. The van der Waals surface area contributed by atoms with E-state index in [4.69, 9.17) is 9.84 Å². The normalized spacial score (nSPS) is 18.0. The third-order valence-electron chi connectivity index (χ3n) is 4.31. The Hall–Kier alpha value is -2.08. The number of likely N-dealkylation sites (tertiary alicyclic amines) is 1. The molecule has 0 bridgehead atoms. The lowest BCUT2D eigenvalue weighted by molar-refractivity contribution is -0.139. The molecule has 1 aliphatic heterocycles. The number of carbonyl (C=O) groups excluding carboxylic acids is 1. The molecule has 6 heteroatoms. The minimum atomic E-state index is -0.840. The van der Waals surface area contributed by atoms with Crippen LogP contribution >= 0.6 is 0 Å². The number of benzene rings is 1. The van der Waals surface area contributed by atoms with Gasteiger partial charge in [0.05, 0.1) is 6.54 Å². The van der Waals surface area contributed by atoms with E-state index in [0.29, 0.717) is 13.1 Å². The highest BCUT2D eigenvalue weighted by atomic mass is 16.6. The van der Waals surface area contributed by atoms with E-state index in [2.05, 4.69) is 0 Å². The largest absolute Gasteiger partial charge is 0.480 e. The van der Waals surface area contributed by atoms with E-state index >= 15 is 0 Å². The maximum absolute atomic E-state index is 12.3. The van der Waals surface area contributed by atoms with Crippen molar-refractivity contribution in [1.82, 2.24) is 9.80 Å². The van der Waals surface area contributed by atoms with Crippen molar-refractivity contribution >= 4 is 12.1 Å². The standard InChI is InChI=1S/C18H26N2O4/c1-14(2)20(12-17(21)22)16-9-6-10-19(11-16)18(23)24-13-15-7-4-3-5-8-15/h3-5,7-8,14,16H,6,9-13H2,1-2H3,(H,21,22)/t16-/m1/s1. The van der Waals surface area contributed by atoms with Crippen LogP contribution < -0.4 is 0 Å². The van der Waals surface area contributed by atoms with Gasteiger partial charge in [-0.2, -0.15) is 0 Å². The second kappa shape index (κ2) is 8.68. The van der Waals surface area contributed by atoms with Crippen LogP contribution in [0.1, 0.15) is 32.3 Å². The van der Waals surface area contributed by atoms with Gasteiger partial charge in [-0.1, -0.05) is 30.3 Å². The zero-order valence-corrected chi connectivity index (χ0v) is 14.4. The van der Waals surface area contributed by atoms with Gasteiger partial charge in [0.15, 0.2) is 0 Å². The van der Waals surface area contributed by atoms with Gasteiger partial charge in [-0.3, -0.25) is 9.69 Å². The van der Waals surface area contributed by atoms with Gasteiger partial charge in [0.2, 0.25) is 0 Å². The highest BCUT2D eigenvalue weighted by Crippen LogP contribution is 2.19. The fourth-order valence-corrected chi connectivity index (χ4v) is 3.09. The van der Waals surface area contributed by atoms with Crippen molar-refractivity contribution in [2.75, 3.05) is 19.6 Å². The van der Waals surface area contributed by atoms with Gasteiger partial charge < -0.3 is 14.7 Å². The molecule has 1 fully saturated rings. The summed E-state index contributed by atoms with van der Waals surface area (Å²) in [5.41, 5.74) is 0.953. The smallest absolute Gasteiger partial charge is 0.410 e. The number of carboxylic acids is 1. The van der Waals surface area contributed by atoms with Crippen LogP contribution in [0.3, 0.4) is 0 Å². The highest BCUT2D eigenvalue weighted by molar-refractivity contribution is 5.69. The molecule has 1 heterocycles. The van der Waals surface area contributed by atoms with Gasteiger partial charge >= 0.3 is 12.1 Å². The molecule has 2 rings (SSSR count). The Kier molecular flexibility index (Phi) is 6.61. The molecule has 0 radical (unpaired) electrons. The molecule has 6 nitrogen and oxygen atoms in total. The summed E-state index contributed by atoms with van der Waals surface area (Å²) >= 11 is 0. The van der Waals surface area contributed by atoms with Crippen molar-refractivity contribution in [3.8, 4) is 0 Å². The number of amides is 1. The van der Waals surface area contributed by atoms with Gasteiger partial charge in [0, 0.05) is 25.2 Å². The predicted octanol–water partition coefficient (Wildman–Crippen LogP) is 2.58. The second-order valence-electron chi connectivity index (χ2n) is 6.44. The van der Waals surface area contributed by atoms with Crippen molar-refractivity contribution in [2.24, 2.45) is 0 Å². The fraction of sp³-hybridized carbons (Fsp3) is 0.556. The van der Waals surface area contributed by atoms with Gasteiger partial charge in [-0.15, -0.1) is 0 Å². The molecule has 1 aliphatic rings. The lowest BCUT2D eigenvalue weighted by Crippen LogP contribution is -2.53. The van der Waals surface area contributed by atoms with Crippen LogP contribution in [0.4, 0.5) is 4.79 Å². The van der Waals surface area contributed by atoms with E-state index in [0.717, 1.165) is 18.4 Å². The number of aliphatic carboxylic acids is 1. The molecule has 1 atom stereocenters. The molecule has 132 valence electrons. The van der Waals surface area contributed by atoms with Crippen LogP contribution in [0.25, 0.3) is 0 Å². The molecule has 0 aromatic heterocycles. The molecule has 0 unspecified atom stereocenters. The molecule has 0 saturated carbocycles. The SMILES string of the molecule is CC(C)N(CC(=O)O)[C@@H]1CCCN(C(=O)OCc2ccccc2)C1. The Morgan fingerprint density at radius 3 is 2.67 bits per heavy atom. The van der Waals surface area contributed by atoms with Crippen molar-refractivity contribution in [1.29, 1.82) is 0 Å². The molecule has 0 spiro atoms. The van der Waals surface area contributed by atoms with Crippen LogP contribution in [0.5, 0.6) is 0 Å². The van der Waals surface area contributed by atoms with Gasteiger partial charge in [0.25, 0.3) is 0 Å². The number of hydrogen-bond acceptors (Lipinski definition) is 4. The number of rotatable bonds is 6. The first-order valence-corrected chi connectivity index (χ1v) is 8.40. The summed E-state index contributed by atoms with van der Waals surface area (Å²) in [5, 5.41) is 9.10. The molecule has 0 aliphatic carbocycles. The third kappa shape index (κ3) is 5.23. The zero-order chi connectivity index (χ0) is 17.5. The summed E-state index contributed by atoms with van der Waals surface area (Å²) in [4.78, 5) is 27.0. The number of carbonyl (C=O) groups is 2. The zero-order valence-electron chi connectivity index (χ0n) is 14.4. The van der Waals surface area contributed by atoms with Crippen LogP contribution in [0.2, 0.25) is 0 Å². The summed E-state index contributed by atoms with van der Waals surface area (Å²) < 4.78 is 5.39. The molecule has 1 aromatic rings. The fourth-order valence-electron chi connectivity index (χ4n) is 3.09. The lowest BCUT2D eigenvalue weighted by atomic mass is 10.0. The van der Waals surface area contributed by atoms with Crippen molar-refractivity contribution in [3.63, 3.8) is 0 Å². The van der Waals surface area contributed by atoms with Crippen LogP contribution in [-0.4, -0.2) is 58.7 Å². The maximum atomic E-state index is 12.3. The monoisotopic (exact) mass is 334 g/mol. The van der Waals surface area contributed by atoms with E-state index < -0.39 is 5.97 Å². The predicted molar refractivity (Wildman–Crippen MR) is 90.7 cm³/mol. The third-order valence-corrected chi connectivity index (χ3v) is 4.31. The quantitative estimate of drug-likeness (QED) is 0.866. The van der Waals surface area contributed by atoms with Gasteiger partial charge in [-0.25, -0.2) is 4.79 Å². The van der Waals surface area contributed by atoms with Crippen LogP contribution in [-0.2, 0) is 16.1 Å². The Labute approximate surface area is 143 Å². The van der Waals surface area contributed by atoms with Gasteiger partial charge in [-0.05, 0) is 32.3 Å². The van der Waals surface area contributed by atoms with Crippen LogP contribution in [0, 0.1) is 0 Å². The number of ether oxygens (including phenoxy) is 1. The van der Waals surface area contributed by atoms with E-state index in [1.165, 1.54) is 0 Å². The summed E-state index contributed by atoms with van der Waals surface area (Å²) in [6, 6.07) is 9.74.